The molecule has 1 amide bonds. The van der Waals surface area contributed by atoms with Crippen LogP contribution in [-0.4, -0.2) is 12.5 Å². The quantitative estimate of drug-likeness (QED) is 0.883. The molecule has 16 heavy (non-hydrogen) atoms. The first-order chi connectivity index (χ1) is 7.66. The van der Waals surface area contributed by atoms with Gasteiger partial charge in [0, 0.05) is 22.5 Å². The molecular formula is C12H13Cl2NO. The number of benzene rings is 1. The maximum Gasteiger partial charge on any atom is 0.223 e. The molecular weight excluding hydrogens is 245 g/mol. The summed E-state index contributed by atoms with van der Waals surface area (Å²) in [7, 11) is 0. The van der Waals surface area contributed by atoms with Crippen molar-refractivity contribution in [2.75, 3.05) is 6.54 Å². The second kappa shape index (κ2) is 5.07. The lowest BCUT2D eigenvalue weighted by Gasteiger charge is -2.06. The SMILES string of the molecule is O=C(NCCc1ccc(Cl)cc1Cl)C1CC1. The molecule has 1 N–H and O–H groups in total. The van der Waals surface area contributed by atoms with Gasteiger partial charge >= 0.3 is 0 Å². The Bertz CT molecular complexity index is 402. The number of rotatable bonds is 4. The predicted molar refractivity (Wildman–Crippen MR) is 65.9 cm³/mol. The van der Waals surface area contributed by atoms with Gasteiger partial charge in [0.05, 0.1) is 0 Å². The summed E-state index contributed by atoms with van der Waals surface area (Å²) in [6.07, 6.45) is 2.82. The molecule has 1 aliphatic rings. The van der Waals surface area contributed by atoms with Crippen molar-refractivity contribution in [2.45, 2.75) is 19.3 Å². The van der Waals surface area contributed by atoms with Crippen molar-refractivity contribution >= 4 is 29.1 Å². The molecule has 0 aromatic heterocycles. The van der Waals surface area contributed by atoms with Crippen LogP contribution in [-0.2, 0) is 11.2 Å². The molecule has 1 aromatic carbocycles. The van der Waals surface area contributed by atoms with Gasteiger partial charge in [-0.15, -0.1) is 0 Å². The molecule has 0 unspecified atom stereocenters. The summed E-state index contributed by atoms with van der Waals surface area (Å²) in [5.41, 5.74) is 1.02. The highest BCUT2D eigenvalue weighted by Crippen LogP contribution is 2.28. The maximum atomic E-state index is 11.4. The Morgan fingerprint density at radius 1 is 1.38 bits per heavy atom. The molecule has 0 heterocycles. The van der Waals surface area contributed by atoms with Crippen LogP contribution in [0.15, 0.2) is 18.2 Å². The number of carbonyl (C=O) groups is 1. The van der Waals surface area contributed by atoms with E-state index in [1.165, 1.54) is 0 Å². The van der Waals surface area contributed by atoms with Gasteiger partial charge in [0.1, 0.15) is 0 Å². The summed E-state index contributed by atoms with van der Waals surface area (Å²) >= 11 is 11.8. The van der Waals surface area contributed by atoms with Crippen molar-refractivity contribution in [1.82, 2.24) is 5.32 Å². The number of hydrogen-bond donors (Lipinski definition) is 1. The van der Waals surface area contributed by atoms with Crippen LogP contribution in [0, 0.1) is 5.92 Å². The van der Waals surface area contributed by atoms with Crippen LogP contribution in [0.1, 0.15) is 18.4 Å². The molecule has 0 radical (unpaired) electrons. The van der Waals surface area contributed by atoms with Gasteiger partial charge in [-0.05, 0) is 37.0 Å². The van der Waals surface area contributed by atoms with Crippen LogP contribution >= 0.6 is 23.2 Å². The van der Waals surface area contributed by atoms with E-state index in [1.54, 1.807) is 6.07 Å². The molecule has 1 aliphatic carbocycles. The minimum atomic E-state index is 0.171. The van der Waals surface area contributed by atoms with Gasteiger partial charge in [0.2, 0.25) is 5.91 Å². The number of amides is 1. The van der Waals surface area contributed by atoms with Gasteiger partial charge < -0.3 is 5.32 Å². The Morgan fingerprint density at radius 3 is 2.75 bits per heavy atom. The standard InChI is InChI=1S/C12H13Cl2NO/c13-10-4-3-8(11(14)7-10)5-6-15-12(16)9-1-2-9/h3-4,7,9H,1-2,5-6H2,(H,15,16). The number of nitrogens with one attached hydrogen (secondary N) is 1. The molecule has 2 rings (SSSR count). The second-order valence-corrected chi connectivity index (χ2v) is 4.89. The summed E-state index contributed by atoms with van der Waals surface area (Å²) < 4.78 is 0. The third-order valence-corrected chi connectivity index (χ3v) is 3.24. The first-order valence-corrected chi connectivity index (χ1v) is 6.14. The van der Waals surface area contributed by atoms with Gasteiger partial charge in [-0.25, -0.2) is 0 Å². The molecule has 2 nitrogen and oxygen atoms in total. The van der Waals surface area contributed by atoms with Gasteiger partial charge in [-0.2, -0.15) is 0 Å². The van der Waals surface area contributed by atoms with Gasteiger partial charge in [-0.3, -0.25) is 4.79 Å². The van der Waals surface area contributed by atoms with Crippen molar-refractivity contribution in [3.8, 4) is 0 Å². The zero-order chi connectivity index (χ0) is 11.5. The second-order valence-electron chi connectivity index (χ2n) is 4.05. The van der Waals surface area contributed by atoms with E-state index in [4.69, 9.17) is 23.2 Å². The largest absolute Gasteiger partial charge is 0.356 e. The third kappa shape index (κ3) is 3.13. The summed E-state index contributed by atoms with van der Waals surface area (Å²) in [6, 6.07) is 5.43. The molecule has 0 spiro atoms. The Balaban J connectivity index is 1.82. The highest BCUT2D eigenvalue weighted by molar-refractivity contribution is 6.35. The highest BCUT2D eigenvalue weighted by Gasteiger charge is 2.28. The lowest BCUT2D eigenvalue weighted by molar-refractivity contribution is -0.122. The van der Waals surface area contributed by atoms with E-state index in [-0.39, 0.29) is 11.8 Å². The van der Waals surface area contributed by atoms with Gasteiger partial charge in [-0.1, -0.05) is 29.3 Å². The van der Waals surface area contributed by atoms with Crippen molar-refractivity contribution in [3.05, 3.63) is 33.8 Å². The van der Waals surface area contributed by atoms with E-state index in [2.05, 4.69) is 5.32 Å². The highest BCUT2D eigenvalue weighted by atomic mass is 35.5. The molecule has 86 valence electrons. The fraction of sp³-hybridized carbons (Fsp3) is 0.417. The van der Waals surface area contributed by atoms with Crippen LogP contribution in [0.5, 0.6) is 0 Å². The van der Waals surface area contributed by atoms with Crippen molar-refractivity contribution in [1.29, 1.82) is 0 Å². The maximum absolute atomic E-state index is 11.4. The smallest absolute Gasteiger partial charge is 0.223 e. The minimum absolute atomic E-state index is 0.171. The monoisotopic (exact) mass is 257 g/mol. The lowest BCUT2D eigenvalue weighted by Crippen LogP contribution is -2.26. The van der Waals surface area contributed by atoms with Crippen molar-refractivity contribution in [3.63, 3.8) is 0 Å². The Kier molecular flexibility index (Phi) is 3.72. The molecule has 1 saturated carbocycles. The Labute approximate surface area is 105 Å². The zero-order valence-electron chi connectivity index (χ0n) is 8.80. The van der Waals surface area contributed by atoms with Crippen molar-refractivity contribution in [2.24, 2.45) is 5.92 Å². The molecule has 0 atom stereocenters. The summed E-state index contributed by atoms with van der Waals surface area (Å²) in [5.74, 6) is 0.436. The van der Waals surface area contributed by atoms with Gasteiger partial charge in [0.15, 0.2) is 0 Å². The minimum Gasteiger partial charge on any atom is -0.356 e. The first kappa shape index (κ1) is 11.7. The van der Waals surface area contributed by atoms with Crippen LogP contribution in [0.2, 0.25) is 10.0 Å². The summed E-state index contributed by atoms with van der Waals surface area (Å²) in [6.45, 7) is 0.636. The first-order valence-electron chi connectivity index (χ1n) is 5.38. The summed E-state index contributed by atoms with van der Waals surface area (Å²) in [5, 5.41) is 4.20. The van der Waals surface area contributed by atoms with E-state index in [1.807, 2.05) is 12.1 Å². The molecule has 1 fully saturated rings. The molecule has 0 bridgehead atoms. The molecule has 0 saturated heterocycles. The van der Waals surface area contributed by atoms with Crippen LogP contribution in [0.25, 0.3) is 0 Å². The van der Waals surface area contributed by atoms with Crippen LogP contribution in [0.3, 0.4) is 0 Å². The molecule has 0 aliphatic heterocycles. The Hall–Kier alpha value is -0.730. The normalized spacial score (nSPS) is 14.9. The number of hydrogen-bond acceptors (Lipinski definition) is 1. The van der Waals surface area contributed by atoms with Gasteiger partial charge in [0.25, 0.3) is 0 Å². The Morgan fingerprint density at radius 2 is 2.12 bits per heavy atom. The summed E-state index contributed by atoms with van der Waals surface area (Å²) in [4.78, 5) is 11.4. The van der Waals surface area contributed by atoms with E-state index >= 15 is 0 Å². The van der Waals surface area contributed by atoms with E-state index in [0.29, 0.717) is 16.6 Å². The van der Waals surface area contributed by atoms with E-state index in [0.717, 1.165) is 24.8 Å². The van der Waals surface area contributed by atoms with E-state index < -0.39 is 0 Å². The van der Waals surface area contributed by atoms with Crippen molar-refractivity contribution < 1.29 is 4.79 Å². The third-order valence-electron chi connectivity index (χ3n) is 2.66. The molecule has 1 aromatic rings. The number of halogens is 2. The number of carbonyl (C=O) groups excluding carboxylic acids is 1. The fourth-order valence-corrected chi connectivity index (χ4v) is 2.04. The average Bonchev–Trinajstić information content (AvgIpc) is 3.04. The fourth-order valence-electron chi connectivity index (χ4n) is 1.53. The van der Waals surface area contributed by atoms with Crippen LogP contribution in [0.4, 0.5) is 0 Å². The topological polar surface area (TPSA) is 29.1 Å². The average molecular weight is 258 g/mol. The van der Waals surface area contributed by atoms with E-state index in [9.17, 15) is 4.79 Å². The molecule has 4 heteroatoms. The lowest BCUT2D eigenvalue weighted by atomic mass is 10.1. The predicted octanol–water partition coefficient (Wildman–Crippen LogP) is 3.06. The van der Waals surface area contributed by atoms with Crippen LogP contribution < -0.4 is 5.32 Å². The zero-order valence-corrected chi connectivity index (χ0v) is 10.3.